The standard InChI is InChI=1S/C34H22ClN3O/c1-34(2)27-16-6-5-12-21(27)25-17-26-22-13-8-15-24(30(22)39-29(26)18-28(25)34)32-36-31(37-33(35)38-32)23-14-7-10-19-9-3-4-11-20(19)23/h3-18H,1-2H3. The first-order chi connectivity index (χ1) is 19.0. The van der Waals surface area contributed by atoms with Gasteiger partial charge in [-0.2, -0.15) is 9.97 Å². The second kappa shape index (κ2) is 7.98. The van der Waals surface area contributed by atoms with Gasteiger partial charge in [-0.25, -0.2) is 4.98 Å². The number of nitrogens with zero attached hydrogens (tertiary/aromatic N) is 3. The van der Waals surface area contributed by atoms with Crippen LogP contribution in [0, 0.1) is 0 Å². The molecule has 1 aliphatic rings. The number of para-hydroxylation sites is 1. The lowest BCUT2D eigenvalue weighted by atomic mass is 9.82. The van der Waals surface area contributed by atoms with Gasteiger partial charge in [0, 0.05) is 21.8 Å². The normalized spacial score (nSPS) is 13.7. The molecule has 0 atom stereocenters. The SMILES string of the molecule is CC1(C)c2ccccc2-c2cc3c(cc21)oc1c(-c2nc(Cl)nc(-c4cccc5ccccc45)n2)cccc13. The smallest absolute Gasteiger partial charge is 0.226 e. The highest BCUT2D eigenvalue weighted by Gasteiger charge is 2.36. The van der Waals surface area contributed by atoms with Crippen molar-refractivity contribution in [1.29, 1.82) is 0 Å². The zero-order chi connectivity index (χ0) is 26.3. The van der Waals surface area contributed by atoms with Crippen LogP contribution in [0.25, 0.3) is 66.6 Å². The third kappa shape index (κ3) is 3.22. The first kappa shape index (κ1) is 22.4. The van der Waals surface area contributed by atoms with Gasteiger partial charge in [0.2, 0.25) is 5.28 Å². The third-order valence-corrected chi connectivity index (χ3v) is 8.25. The first-order valence-electron chi connectivity index (χ1n) is 13.0. The second-order valence-corrected chi connectivity index (χ2v) is 11.0. The molecular weight excluding hydrogens is 502 g/mol. The molecule has 1 aliphatic carbocycles. The van der Waals surface area contributed by atoms with Gasteiger partial charge in [0.25, 0.3) is 0 Å². The Kier molecular flexibility index (Phi) is 4.59. The fourth-order valence-corrected chi connectivity index (χ4v) is 6.34. The maximum absolute atomic E-state index is 6.57. The lowest BCUT2D eigenvalue weighted by molar-refractivity contribution is 0.647. The Labute approximate surface area is 229 Å². The largest absolute Gasteiger partial charge is 0.455 e. The summed E-state index contributed by atoms with van der Waals surface area (Å²) in [6.07, 6.45) is 0. The van der Waals surface area contributed by atoms with E-state index in [0.29, 0.717) is 11.6 Å². The summed E-state index contributed by atoms with van der Waals surface area (Å²) in [5, 5.41) is 4.43. The Morgan fingerprint density at radius 2 is 1.26 bits per heavy atom. The van der Waals surface area contributed by atoms with Crippen molar-refractivity contribution in [2.75, 3.05) is 0 Å². The number of rotatable bonds is 2. The Morgan fingerprint density at radius 1 is 0.590 bits per heavy atom. The van der Waals surface area contributed by atoms with Crippen molar-refractivity contribution in [3.63, 3.8) is 0 Å². The van der Waals surface area contributed by atoms with Gasteiger partial charge in [-0.3, -0.25) is 0 Å². The zero-order valence-corrected chi connectivity index (χ0v) is 22.1. The van der Waals surface area contributed by atoms with Crippen molar-refractivity contribution < 1.29 is 4.42 Å². The summed E-state index contributed by atoms with van der Waals surface area (Å²) in [5.41, 5.74) is 8.36. The van der Waals surface area contributed by atoms with Crippen molar-refractivity contribution in [2.24, 2.45) is 0 Å². The van der Waals surface area contributed by atoms with E-state index < -0.39 is 0 Å². The van der Waals surface area contributed by atoms with E-state index in [9.17, 15) is 0 Å². The molecule has 4 nitrogen and oxygen atoms in total. The van der Waals surface area contributed by atoms with Crippen LogP contribution in [0.15, 0.2) is 101 Å². The molecule has 5 heteroatoms. The third-order valence-electron chi connectivity index (χ3n) is 8.08. The summed E-state index contributed by atoms with van der Waals surface area (Å²) in [4.78, 5) is 13.9. The summed E-state index contributed by atoms with van der Waals surface area (Å²) in [6.45, 7) is 4.55. The molecule has 0 amide bonds. The molecule has 7 aromatic rings. The van der Waals surface area contributed by atoms with E-state index in [2.05, 4.69) is 84.5 Å². The van der Waals surface area contributed by atoms with E-state index in [0.717, 1.165) is 43.8 Å². The fraction of sp³-hybridized carbons (Fsp3) is 0.0882. The number of benzene rings is 5. The number of aromatic nitrogens is 3. The van der Waals surface area contributed by atoms with E-state index in [1.54, 1.807) is 0 Å². The van der Waals surface area contributed by atoms with Gasteiger partial charge in [-0.1, -0.05) is 92.7 Å². The highest BCUT2D eigenvalue weighted by molar-refractivity contribution is 6.28. The van der Waals surface area contributed by atoms with Crippen LogP contribution < -0.4 is 0 Å². The van der Waals surface area contributed by atoms with Gasteiger partial charge >= 0.3 is 0 Å². The molecule has 0 N–H and O–H groups in total. The van der Waals surface area contributed by atoms with Crippen LogP contribution in [0.2, 0.25) is 5.28 Å². The van der Waals surface area contributed by atoms with Crippen LogP contribution in [-0.2, 0) is 5.41 Å². The Hall–Kier alpha value is -4.54. The Balaban J connectivity index is 1.35. The molecule has 0 radical (unpaired) electrons. The molecular formula is C34H22ClN3O. The van der Waals surface area contributed by atoms with E-state index >= 15 is 0 Å². The van der Waals surface area contributed by atoms with E-state index in [-0.39, 0.29) is 10.7 Å². The lowest BCUT2D eigenvalue weighted by Crippen LogP contribution is -2.14. The highest BCUT2D eigenvalue weighted by Crippen LogP contribution is 2.51. The van der Waals surface area contributed by atoms with Gasteiger partial charge in [-0.05, 0) is 62.8 Å². The van der Waals surface area contributed by atoms with Crippen molar-refractivity contribution in [3.8, 4) is 33.9 Å². The Bertz CT molecular complexity index is 2120. The fourth-order valence-electron chi connectivity index (χ4n) is 6.18. The number of fused-ring (bicyclic) bond motifs is 7. The lowest BCUT2D eigenvalue weighted by Gasteiger charge is -2.21. The number of halogens is 1. The van der Waals surface area contributed by atoms with Gasteiger partial charge in [-0.15, -0.1) is 0 Å². The zero-order valence-electron chi connectivity index (χ0n) is 21.4. The number of hydrogen-bond acceptors (Lipinski definition) is 4. The molecule has 0 unspecified atom stereocenters. The van der Waals surface area contributed by atoms with Crippen LogP contribution in [0.4, 0.5) is 0 Å². The molecule has 8 rings (SSSR count). The number of hydrogen-bond donors (Lipinski definition) is 0. The summed E-state index contributed by atoms with van der Waals surface area (Å²) in [7, 11) is 0. The minimum Gasteiger partial charge on any atom is -0.455 e. The van der Waals surface area contributed by atoms with Crippen LogP contribution in [0.5, 0.6) is 0 Å². The molecule has 186 valence electrons. The predicted molar refractivity (Wildman–Crippen MR) is 158 cm³/mol. The molecule has 0 bridgehead atoms. The molecule has 0 saturated heterocycles. The molecule has 0 aliphatic heterocycles. The topological polar surface area (TPSA) is 51.8 Å². The molecule has 0 saturated carbocycles. The van der Waals surface area contributed by atoms with E-state index in [4.69, 9.17) is 21.0 Å². The van der Waals surface area contributed by atoms with Gasteiger partial charge < -0.3 is 4.42 Å². The second-order valence-electron chi connectivity index (χ2n) is 10.6. The van der Waals surface area contributed by atoms with Crippen molar-refractivity contribution in [3.05, 3.63) is 113 Å². The molecule has 39 heavy (non-hydrogen) atoms. The quantitative estimate of drug-likeness (QED) is 0.226. The minimum atomic E-state index is -0.100. The molecule has 0 spiro atoms. The van der Waals surface area contributed by atoms with Gasteiger partial charge in [0.05, 0.1) is 5.56 Å². The monoisotopic (exact) mass is 523 g/mol. The molecule has 5 aromatic carbocycles. The maximum Gasteiger partial charge on any atom is 0.226 e. The van der Waals surface area contributed by atoms with Crippen molar-refractivity contribution in [2.45, 2.75) is 19.3 Å². The van der Waals surface area contributed by atoms with Crippen LogP contribution in [0.3, 0.4) is 0 Å². The average Bonchev–Trinajstić information content (AvgIpc) is 3.43. The van der Waals surface area contributed by atoms with Crippen molar-refractivity contribution >= 4 is 44.3 Å². The Morgan fingerprint density at radius 3 is 2.15 bits per heavy atom. The minimum absolute atomic E-state index is 0.100. The van der Waals surface area contributed by atoms with E-state index in [1.807, 2.05) is 36.4 Å². The summed E-state index contributed by atoms with van der Waals surface area (Å²) < 4.78 is 6.57. The highest BCUT2D eigenvalue weighted by atomic mass is 35.5. The van der Waals surface area contributed by atoms with E-state index in [1.165, 1.54) is 22.3 Å². The van der Waals surface area contributed by atoms with Gasteiger partial charge in [0.1, 0.15) is 11.2 Å². The summed E-state index contributed by atoms with van der Waals surface area (Å²) in [6, 6.07) is 33.5. The molecule has 2 aromatic heterocycles. The van der Waals surface area contributed by atoms with Gasteiger partial charge in [0.15, 0.2) is 11.6 Å². The summed E-state index contributed by atoms with van der Waals surface area (Å²) >= 11 is 6.49. The molecule has 0 fully saturated rings. The average molecular weight is 524 g/mol. The van der Waals surface area contributed by atoms with Crippen molar-refractivity contribution in [1.82, 2.24) is 15.0 Å². The van der Waals surface area contributed by atoms with Crippen LogP contribution in [-0.4, -0.2) is 15.0 Å². The van der Waals surface area contributed by atoms with Crippen LogP contribution in [0.1, 0.15) is 25.0 Å². The first-order valence-corrected chi connectivity index (χ1v) is 13.4. The van der Waals surface area contributed by atoms with Crippen LogP contribution >= 0.6 is 11.6 Å². The summed E-state index contributed by atoms with van der Waals surface area (Å²) in [5.74, 6) is 1.02. The molecule has 2 heterocycles. The number of furan rings is 1. The maximum atomic E-state index is 6.57. The predicted octanol–water partition coefficient (Wildman–Crippen LogP) is 9.22.